The number of hydrogen-bond donors (Lipinski definition) is 2. The van der Waals surface area contributed by atoms with Crippen molar-refractivity contribution in [2.45, 2.75) is 38.4 Å². The Hall–Kier alpha value is -0.260. The van der Waals surface area contributed by atoms with Crippen LogP contribution in [0.4, 0.5) is 0 Å². The number of aliphatic hydroxyl groups is 1. The first-order valence-electron chi connectivity index (χ1n) is 5.25. The summed E-state index contributed by atoms with van der Waals surface area (Å²) in [5, 5.41) is 12.6. The van der Waals surface area contributed by atoms with Crippen molar-refractivity contribution in [3.8, 4) is 0 Å². The highest BCUT2D eigenvalue weighted by Crippen LogP contribution is 2.13. The van der Waals surface area contributed by atoms with Crippen LogP contribution in [0.3, 0.4) is 0 Å². The van der Waals surface area contributed by atoms with E-state index in [1.54, 1.807) is 25.8 Å². The van der Waals surface area contributed by atoms with Crippen LogP contribution in [-0.4, -0.2) is 47.9 Å². The molecule has 0 aromatic heterocycles. The van der Waals surface area contributed by atoms with Gasteiger partial charge in [-0.15, -0.1) is 0 Å². The van der Waals surface area contributed by atoms with Crippen LogP contribution in [0.15, 0.2) is 0 Å². The van der Waals surface area contributed by atoms with E-state index >= 15 is 0 Å². The van der Waals surface area contributed by atoms with E-state index in [0.29, 0.717) is 12.2 Å². The van der Waals surface area contributed by atoms with Gasteiger partial charge in [-0.3, -0.25) is 4.79 Å². The number of methoxy groups -OCH3 is 1. The second kappa shape index (κ2) is 6.47. The van der Waals surface area contributed by atoms with Gasteiger partial charge in [0.25, 0.3) is 0 Å². The lowest BCUT2D eigenvalue weighted by molar-refractivity contribution is -0.127. The fraction of sp³-hybridized carbons (Fsp3) is 0.909. The topological polar surface area (TPSA) is 58.6 Å². The molecule has 16 heavy (non-hydrogen) atoms. The van der Waals surface area contributed by atoms with Crippen molar-refractivity contribution in [2.75, 3.05) is 25.7 Å². The van der Waals surface area contributed by atoms with Crippen molar-refractivity contribution in [3.63, 3.8) is 0 Å². The van der Waals surface area contributed by atoms with Crippen LogP contribution in [0.1, 0.15) is 27.2 Å². The van der Waals surface area contributed by atoms with Gasteiger partial charge in [0.1, 0.15) is 0 Å². The Morgan fingerprint density at radius 1 is 1.44 bits per heavy atom. The van der Waals surface area contributed by atoms with E-state index in [0.717, 1.165) is 0 Å². The minimum absolute atomic E-state index is 0.103. The molecular formula is C11H23NO3S. The van der Waals surface area contributed by atoms with E-state index < -0.39 is 11.2 Å². The first-order chi connectivity index (χ1) is 7.22. The predicted octanol–water partition coefficient (Wildman–Crippen LogP) is 1.03. The number of nitrogens with one attached hydrogen (secondary N) is 1. The highest BCUT2D eigenvalue weighted by molar-refractivity contribution is 7.98. The molecule has 0 heterocycles. The maximum Gasteiger partial charge on any atom is 0.222 e. The average molecular weight is 249 g/mol. The predicted molar refractivity (Wildman–Crippen MR) is 67.7 cm³/mol. The summed E-state index contributed by atoms with van der Waals surface area (Å²) in [6.07, 6.45) is 2.21. The van der Waals surface area contributed by atoms with Crippen LogP contribution in [0.5, 0.6) is 0 Å². The molecule has 1 atom stereocenters. The van der Waals surface area contributed by atoms with Gasteiger partial charge >= 0.3 is 0 Å². The second-order valence-electron chi connectivity index (χ2n) is 4.85. The molecule has 0 bridgehead atoms. The minimum Gasteiger partial charge on any atom is -0.387 e. The molecule has 0 spiro atoms. The molecule has 0 aliphatic carbocycles. The fourth-order valence-electron chi connectivity index (χ4n) is 1.17. The molecule has 2 N–H and O–H groups in total. The Morgan fingerprint density at radius 3 is 2.44 bits per heavy atom. The quantitative estimate of drug-likeness (QED) is 0.707. The third kappa shape index (κ3) is 7.09. The molecule has 0 saturated heterocycles. The van der Waals surface area contributed by atoms with Gasteiger partial charge in [-0.2, -0.15) is 11.8 Å². The maximum absolute atomic E-state index is 11.6. The Morgan fingerprint density at radius 2 is 2.00 bits per heavy atom. The molecular weight excluding hydrogens is 226 g/mol. The first-order valence-corrected chi connectivity index (χ1v) is 6.65. The standard InChI is InChI=1S/C11H23NO3S/c1-10(2,15-4)6-9(13)12-7-11(3,14)8-16-5/h14H,6-8H2,1-5H3,(H,12,13). The molecule has 0 aliphatic heterocycles. The van der Waals surface area contributed by atoms with E-state index in [4.69, 9.17) is 4.74 Å². The Balaban J connectivity index is 3.99. The fourth-order valence-corrected chi connectivity index (χ4v) is 1.90. The number of ether oxygens (including phenoxy) is 1. The lowest BCUT2D eigenvalue weighted by Crippen LogP contribution is -2.44. The van der Waals surface area contributed by atoms with Gasteiger partial charge in [-0.1, -0.05) is 0 Å². The van der Waals surface area contributed by atoms with Crippen molar-refractivity contribution in [1.29, 1.82) is 0 Å². The zero-order valence-electron chi connectivity index (χ0n) is 10.8. The van der Waals surface area contributed by atoms with Crippen LogP contribution >= 0.6 is 11.8 Å². The summed E-state index contributed by atoms with van der Waals surface area (Å²) in [5.74, 6) is 0.495. The Labute approximate surface area is 102 Å². The number of carbonyl (C=O) groups excluding carboxylic acids is 1. The van der Waals surface area contributed by atoms with Crippen molar-refractivity contribution < 1.29 is 14.6 Å². The minimum atomic E-state index is -0.855. The number of amides is 1. The van der Waals surface area contributed by atoms with Crippen LogP contribution < -0.4 is 5.32 Å². The molecule has 1 amide bonds. The molecule has 0 saturated carbocycles. The summed E-state index contributed by atoms with van der Waals surface area (Å²) in [6.45, 7) is 5.69. The van der Waals surface area contributed by atoms with Gasteiger partial charge in [0.15, 0.2) is 0 Å². The van der Waals surface area contributed by atoms with E-state index in [1.165, 1.54) is 0 Å². The number of hydrogen-bond acceptors (Lipinski definition) is 4. The summed E-state index contributed by atoms with van der Waals surface area (Å²) in [6, 6.07) is 0. The molecule has 0 radical (unpaired) electrons. The third-order valence-corrected chi connectivity index (χ3v) is 3.17. The summed E-state index contributed by atoms with van der Waals surface area (Å²) in [4.78, 5) is 11.6. The van der Waals surface area contributed by atoms with Gasteiger partial charge in [0, 0.05) is 19.4 Å². The van der Waals surface area contributed by atoms with Gasteiger partial charge in [0.2, 0.25) is 5.91 Å². The van der Waals surface area contributed by atoms with Crippen molar-refractivity contribution in [2.24, 2.45) is 0 Å². The summed E-state index contributed by atoms with van der Waals surface area (Å²) in [5.41, 5.74) is -1.32. The van der Waals surface area contributed by atoms with E-state index in [1.807, 2.05) is 20.1 Å². The van der Waals surface area contributed by atoms with Crippen LogP contribution in [0, 0.1) is 0 Å². The zero-order chi connectivity index (χ0) is 12.8. The molecule has 0 aromatic rings. The lowest BCUT2D eigenvalue weighted by Gasteiger charge is -2.25. The SMILES string of the molecule is COC(C)(C)CC(=O)NCC(C)(O)CSC. The van der Waals surface area contributed by atoms with Crippen LogP contribution in [-0.2, 0) is 9.53 Å². The van der Waals surface area contributed by atoms with Crippen molar-refractivity contribution >= 4 is 17.7 Å². The maximum atomic E-state index is 11.6. The molecule has 96 valence electrons. The van der Waals surface area contributed by atoms with Gasteiger partial charge in [-0.25, -0.2) is 0 Å². The summed E-state index contributed by atoms with van der Waals surface area (Å²) < 4.78 is 5.16. The lowest BCUT2D eigenvalue weighted by atomic mass is 10.0. The van der Waals surface area contributed by atoms with Crippen LogP contribution in [0.2, 0.25) is 0 Å². The number of rotatable bonds is 7. The molecule has 0 fully saturated rings. The summed E-state index contributed by atoms with van der Waals surface area (Å²) >= 11 is 1.55. The highest BCUT2D eigenvalue weighted by Gasteiger charge is 2.24. The third-order valence-electron chi connectivity index (χ3n) is 2.26. The molecule has 4 nitrogen and oxygen atoms in total. The Bertz CT molecular complexity index is 229. The van der Waals surface area contributed by atoms with Gasteiger partial charge in [0.05, 0.1) is 17.6 Å². The zero-order valence-corrected chi connectivity index (χ0v) is 11.6. The molecule has 5 heteroatoms. The van der Waals surface area contributed by atoms with E-state index in [9.17, 15) is 9.90 Å². The second-order valence-corrected chi connectivity index (χ2v) is 5.71. The molecule has 1 unspecified atom stereocenters. The monoisotopic (exact) mass is 249 g/mol. The Kier molecular flexibility index (Phi) is 6.36. The molecule has 0 aromatic carbocycles. The van der Waals surface area contributed by atoms with Gasteiger partial charge in [-0.05, 0) is 27.0 Å². The largest absolute Gasteiger partial charge is 0.387 e. The highest BCUT2D eigenvalue weighted by atomic mass is 32.2. The number of thioether (sulfide) groups is 1. The van der Waals surface area contributed by atoms with E-state index in [-0.39, 0.29) is 12.5 Å². The molecule has 0 aliphatic rings. The van der Waals surface area contributed by atoms with Gasteiger partial charge < -0.3 is 15.2 Å². The number of carbonyl (C=O) groups is 1. The summed E-state index contributed by atoms with van der Waals surface area (Å²) in [7, 11) is 1.58. The average Bonchev–Trinajstić information content (AvgIpc) is 2.14. The van der Waals surface area contributed by atoms with Crippen LogP contribution in [0.25, 0.3) is 0 Å². The van der Waals surface area contributed by atoms with E-state index in [2.05, 4.69) is 5.32 Å². The van der Waals surface area contributed by atoms with Crippen molar-refractivity contribution in [3.05, 3.63) is 0 Å². The normalized spacial score (nSPS) is 15.6. The molecule has 0 rings (SSSR count). The smallest absolute Gasteiger partial charge is 0.222 e. The van der Waals surface area contributed by atoms with Crippen molar-refractivity contribution in [1.82, 2.24) is 5.32 Å². The first kappa shape index (κ1) is 15.7.